The van der Waals surface area contributed by atoms with Gasteiger partial charge in [-0.1, -0.05) is 32.0 Å². The number of furan rings is 1. The molecule has 2 aromatic rings. The van der Waals surface area contributed by atoms with E-state index in [-0.39, 0.29) is 0 Å². The van der Waals surface area contributed by atoms with E-state index in [9.17, 15) is 0 Å². The topological polar surface area (TPSA) is 28.4 Å². The number of nitrogens with zero attached hydrogens (tertiary/aromatic N) is 1. The lowest BCUT2D eigenvalue weighted by Crippen LogP contribution is -2.38. The highest BCUT2D eigenvalue weighted by atomic mass is 16.3. The van der Waals surface area contributed by atoms with Crippen LogP contribution < -0.4 is 5.32 Å². The Morgan fingerprint density at radius 3 is 2.62 bits per heavy atom. The van der Waals surface area contributed by atoms with E-state index in [0.717, 1.165) is 36.3 Å². The van der Waals surface area contributed by atoms with Crippen LogP contribution in [0.4, 0.5) is 0 Å². The minimum Gasteiger partial charge on any atom is -0.459 e. The van der Waals surface area contributed by atoms with Gasteiger partial charge in [0.1, 0.15) is 11.3 Å². The summed E-state index contributed by atoms with van der Waals surface area (Å²) in [4.78, 5) is 2.59. The molecule has 21 heavy (non-hydrogen) atoms. The van der Waals surface area contributed by atoms with Crippen molar-refractivity contribution in [1.29, 1.82) is 0 Å². The number of likely N-dealkylation sites (tertiary alicyclic amines) is 1. The maximum Gasteiger partial charge on any atom is 0.134 e. The van der Waals surface area contributed by atoms with Crippen LogP contribution in [-0.4, -0.2) is 25.0 Å². The SMILES string of the molecule is CNCc1oc2ccccc2c1CN1CC(C)CC(C)C1. The number of hydrogen-bond donors (Lipinski definition) is 1. The van der Waals surface area contributed by atoms with Crippen LogP contribution in [0.15, 0.2) is 28.7 Å². The summed E-state index contributed by atoms with van der Waals surface area (Å²) in [7, 11) is 1.97. The highest BCUT2D eigenvalue weighted by Crippen LogP contribution is 2.29. The van der Waals surface area contributed by atoms with Crippen molar-refractivity contribution < 1.29 is 4.42 Å². The van der Waals surface area contributed by atoms with Crippen molar-refractivity contribution in [1.82, 2.24) is 10.2 Å². The van der Waals surface area contributed by atoms with E-state index in [1.54, 1.807) is 0 Å². The van der Waals surface area contributed by atoms with Gasteiger partial charge in [-0.3, -0.25) is 4.90 Å². The normalized spacial score (nSPS) is 23.8. The molecule has 3 heteroatoms. The highest BCUT2D eigenvalue weighted by Gasteiger charge is 2.24. The smallest absolute Gasteiger partial charge is 0.134 e. The summed E-state index contributed by atoms with van der Waals surface area (Å²) < 4.78 is 6.05. The van der Waals surface area contributed by atoms with E-state index in [4.69, 9.17) is 4.42 Å². The molecule has 2 unspecified atom stereocenters. The van der Waals surface area contributed by atoms with Crippen LogP contribution in [0.25, 0.3) is 11.0 Å². The number of para-hydroxylation sites is 1. The number of piperidine rings is 1. The largest absolute Gasteiger partial charge is 0.459 e. The monoisotopic (exact) mass is 286 g/mol. The molecule has 0 aliphatic carbocycles. The van der Waals surface area contributed by atoms with Crippen LogP contribution in [0.3, 0.4) is 0 Å². The van der Waals surface area contributed by atoms with Crippen LogP contribution in [0, 0.1) is 11.8 Å². The Labute approximate surface area is 127 Å². The first kappa shape index (κ1) is 14.6. The summed E-state index contributed by atoms with van der Waals surface area (Å²) in [6.45, 7) is 8.92. The predicted octanol–water partition coefficient (Wildman–Crippen LogP) is 3.63. The molecule has 0 radical (unpaired) electrons. The van der Waals surface area contributed by atoms with Crippen LogP contribution in [-0.2, 0) is 13.1 Å². The second kappa shape index (κ2) is 6.20. The average molecular weight is 286 g/mol. The molecule has 2 atom stereocenters. The minimum atomic E-state index is 0.791. The van der Waals surface area contributed by atoms with Crippen molar-refractivity contribution in [3.05, 3.63) is 35.6 Å². The van der Waals surface area contributed by atoms with E-state index in [0.29, 0.717) is 0 Å². The molecule has 0 spiro atoms. The van der Waals surface area contributed by atoms with Crippen molar-refractivity contribution >= 4 is 11.0 Å². The zero-order valence-corrected chi connectivity index (χ0v) is 13.4. The molecule has 2 heterocycles. The summed E-state index contributed by atoms with van der Waals surface area (Å²) in [6.07, 6.45) is 1.35. The van der Waals surface area contributed by atoms with Crippen molar-refractivity contribution in [3.63, 3.8) is 0 Å². The van der Waals surface area contributed by atoms with E-state index in [1.807, 2.05) is 13.1 Å². The molecule has 1 aliphatic heterocycles. The molecule has 1 aromatic carbocycles. The molecular formula is C18H26N2O. The predicted molar refractivity (Wildman–Crippen MR) is 87.2 cm³/mol. The number of nitrogens with one attached hydrogen (secondary N) is 1. The van der Waals surface area contributed by atoms with Crippen molar-refractivity contribution in [3.8, 4) is 0 Å². The van der Waals surface area contributed by atoms with Gasteiger partial charge < -0.3 is 9.73 Å². The first-order chi connectivity index (χ1) is 10.2. The molecule has 3 nitrogen and oxygen atoms in total. The second-order valence-electron chi connectivity index (χ2n) is 6.67. The van der Waals surface area contributed by atoms with Crippen LogP contribution in [0.2, 0.25) is 0 Å². The molecule has 0 saturated carbocycles. The van der Waals surface area contributed by atoms with Crippen LogP contribution >= 0.6 is 0 Å². The maximum atomic E-state index is 6.05. The molecule has 3 rings (SSSR count). The number of rotatable bonds is 4. The molecule has 1 fully saturated rings. The molecule has 1 aliphatic rings. The average Bonchev–Trinajstić information content (AvgIpc) is 2.76. The van der Waals surface area contributed by atoms with Gasteiger partial charge in [0, 0.05) is 30.6 Å². The molecule has 1 N–H and O–H groups in total. The number of fused-ring (bicyclic) bond motifs is 1. The first-order valence-corrected chi connectivity index (χ1v) is 8.03. The third-order valence-corrected chi connectivity index (χ3v) is 4.45. The Morgan fingerprint density at radius 1 is 1.19 bits per heavy atom. The Hall–Kier alpha value is -1.32. The molecule has 0 bridgehead atoms. The summed E-state index contributed by atoms with van der Waals surface area (Å²) in [5, 5.41) is 4.50. The van der Waals surface area contributed by atoms with Gasteiger partial charge in [-0.2, -0.15) is 0 Å². The standard InChI is InChI=1S/C18H26N2O/c1-13-8-14(2)11-20(10-13)12-16-15-6-4-5-7-17(15)21-18(16)9-19-3/h4-7,13-14,19H,8-12H2,1-3H3. The quantitative estimate of drug-likeness (QED) is 0.930. The van der Waals surface area contributed by atoms with E-state index < -0.39 is 0 Å². The zero-order chi connectivity index (χ0) is 14.8. The lowest BCUT2D eigenvalue weighted by molar-refractivity contribution is 0.134. The molecular weight excluding hydrogens is 260 g/mol. The van der Waals surface area contributed by atoms with Crippen LogP contribution in [0.1, 0.15) is 31.6 Å². The lowest BCUT2D eigenvalue weighted by atomic mass is 9.91. The fourth-order valence-corrected chi connectivity index (χ4v) is 3.77. The van der Waals surface area contributed by atoms with Crippen molar-refractivity contribution in [2.75, 3.05) is 20.1 Å². The van der Waals surface area contributed by atoms with Gasteiger partial charge in [-0.25, -0.2) is 0 Å². The van der Waals surface area contributed by atoms with Crippen molar-refractivity contribution in [2.45, 2.75) is 33.4 Å². The number of hydrogen-bond acceptors (Lipinski definition) is 3. The third kappa shape index (κ3) is 3.14. The van der Waals surface area contributed by atoms with Gasteiger partial charge in [0.2, 0.25) is 0 Å². The summed E-state index contributed by atoms with van der Waals surface area (Å²) in [5.41, 5.74) is 2.37. The third-order valence-electron chi connectivity index (χ3n) is 4.45. The Bertz CT molecular complexity index is 594. The molecule has 1 saturated heterocycles. The number of benzene rings is 1. The summed E-state index contributed by atoms with van der Waals surface area (Å²) in [6, 6.07) is 8.40. The highest BCUT2D eigenvalue weighted by molar-refractivity contribution is 5.82. The Kier molecular flexibility index (Phi) is 4.32. The van der Waals surface area contributed by atoms with Gasteiger partial charge in [-0.15, -0.1) is 0 Å². The first-order valence-electron chi connectivity index (χ1n) is 8.03. The van der Waals surface area contributed by atoms with E-state index in [2.05, 4.69) is 42.3 Å². The summed E-state index contributed by atoms with van der Waals surface area (Å²) >= 11 is 0. The molecule has 0 amide bonds. The van der Waals surface area contributed by atoms with Crippen LogP contribution in [0.5, 0.6) is 0 Å². The van der Waals surface area contributed by atoms with Crippen molar-refractivity contribution in [2.24, 2.45) is 11.8 Å². The Morgan fingerprint density at radius 2 is 1.90 bits per heavy atom. The zero-order valence-electron chi connectivity index (χ0n) is 13.4. The van der Waals surface area contributed by atoms with E-state index in [1.165, 1.54) is 30.5 Å². The Balaban J connectivity index is 1.89. The second-order valence-corrected chi connectivity index (χ2v) is 6.67. The molecule has 114 valence electrons. The van der Waals surface area contributed by atoms with Gasteiger partial charge in [0.25, 0.3) is 0 Å². The molecule has 1 aromatic heterocycles. The van der Waals surface area contributed by atoms with Gasteiger partial charge in [0.05, 0.1) is 6.54 Å². The van der Waals surface area contributed by atoms with Gasteiger partial charge in [-0.05, 0) is 31.4 Å². The fourth-order valence-electron chi connectivity index (χ4n) is 3.77. The minimum absolute atomic E-state index is 0.791. The maximum absolute atomic E-state index is 6.05. The summed E-state index contributed by atoms with van der Waals surface area (Å²) in [5.74, 6) is 2.67. The fraction of sp³-hybridized carbons (Fsp3) is 0.556. The lowest BCUT2D eigenvalue weighted by Gasteiger charge is -2.35. The van der Waals surface area contributed by atoms with Gasteiger partial charge in [0.15, 0.2) is 0 Å². The van der Waals surface area contributed by atoms with E-state index >= 15 is 0 Å². The van der Waals surface area contributed by atoms with Gasteiger partial charge >= 0.3 is 0 Å².